The molecule has 0 radical (unpaired) electrons. The number of fused-ring (bicyclic) bond motifs is 3. The number of para-hydroxylation sites is 1. The molecule has 2 aromatic carbocycles. The molecule has 0 saturated carbocycles. The van der Waals surface area contributed by atoms with Crippen molar-refractivity contribution in [3.63, 3.8) is 0 Å². The van der Waals surface area contributed by atoms with E-state index in [1.807, 2.05) is 24.3 Å². The number of halogens is 1. The van der Waals surface area contributed by atoms with Gasteiger partial charge in [0.05, 0.1) is 0 Å². The number of H-pyrrole nitrogens is 1. The van der Waals surface area contributed by atoms with E-state index in [-0.39, 0.29) is 12.5 Å². The van der Waals surface area contributed by atoms with Gasteiger partial charge in [0.1, 0.15) is 17.9 Å². The molecule has 3 heterocycles. The maximum absolute atomic E-state index is 13.3. The third-order valence-electron chi connectivity index (χ3n) is 6.23. The molecule has 0 unspecified atom stereocenters. The summed E-state index contributed by atoms with van der Waals surface area (Å²) in [6.45, 7) is 2.16. The summed E-state index contributed by atoms with van der Waals surface area (Å²) >= 11 is 0. The number of benzene rings is 2. The van der Waals surface area contributed by atoms with Crippen molar-refractivity contribution in [1.29, 1.82) is 0 Å². The highest BCUT2D eigenvalue weighted by atomic mass is 19.1. The van der Waals surface area contributed by atoms with Crippen LogP contribution in [0.4, 0.5) is 9.18 Å². The smallest absolute Gasteiger partial charge is 0.325 e. The lowest BCUT2D eigenvalue weighted by Gasteiger charge is -2.29. The number of carbonyl (C=O) groups is 3. The third kappa shape index (κ3) is 3.06. The van der Waals surface area contributed by atoms with Crippen molar-refractivity contribution in [3.8, 4) is 0 Å². The molecule has 5 rings (SSSR count). The number of carbonyl (C=O) groups excluding carboxylic acids is 3. The number of urea groups is 1. The van der Waals surface area contributed by atoms with Crippen LogP contribution in [0.3, 0.4) is 0 Å². The van der Waals surface area contributed by atoms with Crippen molar-refractivity contribution in [3.05, 3.63) is 71.2 Å². The fraction of sp³-hybridized carbons (Fsp3) is 0.261. The molecular weight excluding hydrogens is 399 g/mol. The van der Waals surface area contributed by atoms with Crippen LogP contribution in [0.2, 0.25) is 0 Å². The zero-order valence-corrected chi connectivity index (χ0v) is 16.9. The van der Waals surface area contributed by atoms with E-state index in [1.165, 1.54) is 24.3 Å². The first kappa shape index (κ1) is 19.3. The topological polar surface area (TPSA) is 85.5 Å². The van der Waals surface area contributed by atoms with Gasteiger partial charge in [-0.25, -0.2) is 9.18 Å². The first-order valence-corrected chi connectivity index (χ1v) is 10.1. The molecule has 0 aliphatic carbocycles. The Morgan fingerprint density at radius 2 is 1.87 bits per heavy atom. The van der Waals surface area contributed by atoms with Crippen LogP contribution >= 0.6 is 0 Å². The van der Waals surface area contributed by atoms with Crippen molar-refractivity contribution in [2.24, 2.45) is 0 Å². The molecule has 0 spiro atoms. The number of aromatic amines is 1. The molecule has 8 heteroatoms. The largest absolute Gasteiger partial charge is 0.358 e. The molecule has 2 aliphatic rings. The first-order chi connectivity index (χ1) is 14.9. The summed E-state index contributed by atoms with van der Waals surface area (Å²) in [6, 6.07) is 12.7. The molecule has 1 saturated heterocycles. The molecular formula is C23H21FN4O3. The molecule has 31 heavy (non-hydrogen) atoms. The number of hydrogen-bond donors (Lipinski definition) is 2. The molecule has 4 amide bonds. The Morgan fingerprint density at radius 1 is 1.13 bits per heavy atom. The fourth-order valence-electron chi connectivity index (χ4n) is 4.43. The monoisotopic (exact) mass is 420 g/mol. The standard InChI is InChI=1S/C23H21FN4O3/c1-23(14-6-8-15(24)9-7-14)21(30)28(22(31)26-23)13-20(29)27-11-10-19-17(12-27)16-4-2-3-5-18(16)25-19/h2-9,25H,10-13H2,1H3,(H,26,31)/t23-/m0/s1. The van der Waals surface area contributed by atoms with Crippen molar-refractivity contribution < 1.29 is 18.8 Å². The Labute approximate surface area is 177 Å². The van der Waals surface area contributed by atoms with E-state index in [4.69, 9.17) is 0 Å². The molecule has 7 nitrogen and oxygen atoms in total. The Morgan fingerprint density at radius 3 is 2.65 bits per heavy atom. The number of hydrogen-bond acceptors (Lipinski definition) is 3. The maximum atomic E-state index is 13.3. The highest BCUT2D eigenvalue weighted by Gasteiger charge is 2.49. The number of amides is 4. The molecule has 1 fully saturated rings. The van der Waals surface area contributed by atoms with E-state index < -0.39 is 23.3 Å². The van der Waals surface area contributed by atoms with Gasteiger partial charge in [0.25, 0.3) is 5.91 Å². The van der Waals surface area contributed by atoms with Gasteiger partial charge >= 0.3 is 6.03 Å². The van der Waals surface area contributed by atoms with E-state index in [2.05, 4.69) is 10.3 Å². The predicted molar refractivity (Wildman–Crippen MR) is 111 cm³/mol. The van der Waals surface area contributed by atoms with Gasteiger partial charge in [-0.15, -0.1) is 0 Å². The van der Waals surface area contributed by atoms with Crippen LogP contribution in [-0.2, 0) is 28.1 Å². The quantitative estimate of drug-likeness (QED) is 0.639. The average molecular weight is 420 g/mol. The molecule has 158 valence electrons. The lowest BCUT2D eigenvalue weighted by molar-refractivity contribution is -0.139. The number of nitrogens with one attached hydrogen (secondary N) is 2. The summed E-state index contributed by atoms with van der Waals surface area (Å²) in [5.74, 6) is -1.25. The summed E-state index contributed by atoms with van der Waals surface area (Å²) in [5, 5.41) is 3.73. The number of imide groups is 1. The third-order valence-corrected chi connectivity index (χ3v) is 6.23. The van der Waals surface area contributed by atoms with Crippen LogP contribution in [0.1, 0.15) is 23.7 Å². The summed E-state index contributed by atoms with van der Waals surface area (Å²) in [4.78, 5) is 44.6. The number of rotatable bonds is 3. The highest BCUT2D eigenvalue weighted by molar-refractivity contribution is 6.09. The van der Waals surface area contributed by atoms with Crippen molar-refractivity contribution >= 4 is 28.7 Å². The second-order valence-corrected chi connectivity index (χ2v) is 8.15. The minimum atomic E-state index is -1.34. The van der Waals surface area contributed by atoms with Gasteiger partial charge in [-0.2, -0.15) is 0 Å². The van der Waals surface area contributed by atoms with Gasteiger partial charge in [0.15, 0.2) is 0 Å². The van der Waals surface area contributed by atoms with Crippen LogP contribution in [0.5, 0.6) is 0 Å². The summed E-state index contributed by atoms with van der Waals surface area (Å²) in [6.07, 6.45) is 0.684. The second kappa shape index (κ2) is 6.94. The minimum absolute atomic E-state index is 0.289. The lowest BCUT2D eigenvalue weighted by atomic mass is 9.92. The van der Waals surface area contributed by atoms with Crippen LogP contribution in [0.15, 0.2) is 48.5 Å². The molecule has 3 aromatic rings. The second-order valence-electron chi connectivity index (χ2n) is 8.15. The van der Waals surface area contributed by atoms with E-state index in [1.54, 1.807) is 11.8 Å². The van der Waals surface area contributed by atoms with E-state index in [0.717, 1.165) is 27.1 Å². The van der Waals surface area contributed by atoms with E-state index >= 15 is 0 Å². The van der Waals surface area contributed by atoms with Gasteiger partial charge in [-0.1, -0.05) is 30.3 Å². The highest BCUT2D eigenvalue weighted by Crippen LogP contribution is 2.30. The molecule has 2 aliphatic heterocycles. The average Bonchev–Trinajstić information content (AvgIpc) is 3.24. The van der Waals surface area contributed by atoms with Gasteiger partial charge in [-0.05, 0) is 30.7 Å². The predicted octanol–water partition coefficient (Wildman–Crippen LogP) is 2.66. The Kier molecular flexibility index (Phi) is 4.32. The van der Waals surface area contributed by atoms with Crippen LogP contribution in [0.25, 0.3) is 10.9 Å². The molecule has 0 bridgehead atoms. The van der Waals surface area contributed by atoms with Crippen molar-refractivity contribution in [1.82, 2.24) is 20.1 Å². The number of nitrogens with zero attached hydrogens (tertiary/aromatic N) is 2. The van der Waals surface area contributed by atoms with E-state index in [0.29, 0.717) is 25.1 Å². The molecule has 1 atom stereocenters. The zero-order chi connectivity index (χ0) is 21.8. The molecule has 2 N–H and O–H groups in total. The fourth-order valence-corrected chi connectivity index (χ4v) is 4.43. The summed E-state index contributed by atoms with van der Waals surface area (Å²) in [7, 11) is 0. The Balaban J connectivity index is 1.34. The van der Waals surface area contributed by atoms with Crippen LogP contribution < -0.4 is 5.32 Å². The summed E-state index contributed by atoms with van der Waals surface area (Å²) < 4.78 is 13.3. The maximum Gasteiger partial charge on any atom is 0.325 e. The van der Waals surface area contributed by atoms with Crippen LogP contribution in [0, 0.1) is 5.82 Å². The van der Waals surface area contributed by atoms with Gasteiger partial charge < -0.3 is 15.2 Å². The van der Waals surface area contributed by atoms with Crippen molar-refractivity contribution in [2.45, 2.75) is 25.4 Å². The molecule has 1 aromatic heterocycles. The Hall–Kier alpha value is -3.68. The zero-order valence-electron chi connectivity index (χ0n) is 16.9. The first-order valence-electron chi connectivity index (χ1n) is 10.1. The normalized spacial score (nSPS) is 20.8. The Bertz CT molecular complexity index is 1220. The summed E-state index contributed by atoms with van der Waals surface area (Å²) in [5.41, 5.74) is 2.35. The number of aromatic nitrogens is 1. The minimum Gasteiger partial charge on any atom is -0.358 e. The van der Waals surface area contributed by atoms with Crippen LogP contribution in [-0.4, -0.2) is 45.7 Å². The van der Waals surface area contributed by atoms with E-state index in [9.17, 15) is 18.8 Å². The van der Waals surface area contributed by atoms with Crippen molar-refractivity contribution in [2.75, 3.05) is 13.1 Å². The van der Waals surface area contributed by atoms with Gasteiger partial charge in [0, 0.05) is 41.7 Å². The SMILES string of the molecule is C[C@@]1(c2ccc(F)cc2)NC(=O)N(CC(=O)N2CCc3[nH]c4ccccc4c3C2)C1=O. The van der Waals surface area contributed by atoms with Gasteiger partial charge in [-0.3, -0.25) is 14.5 Å². The van der Waals surface area contributed by atoms with Gasteiger partial charge in [0.2, 0.25) is 5.91 Å². The lowest BCUT2D eigenvalue weighted by Crippen LogP contribution is -2.45.